The molecule has 0 bridgehead atoms. The van der Waals surface area contributed by atoms with Crippen LogP contribution in [-0.4, -0.2) is 42.3 Å². The molecule has 3 atom stereocenters. The SMILES string of the molecule is NC1C=CCC1.NC1C=CCC=CC1.NC1CC=CCC1.NC1CCCC1.NC1CCCCC1.NC1CCCCCC1.NC1CCCCCCC1. The van der Waals surface area contributed by atoms with Crippen LogP contribution in [0.5, 0.6) is 0 Å². The van der Waals surface area contributed by atoms with Gasteiger partial charge >= 0.3 is 0 Å². The van der Waals surface area contributed by atoms with Gasteiger partial charge in [0, 0.05) is 42.3 Å². The molecule has 51 heavy (non-hydrogen) atoms. The van der Waals surface area contributed by atoms with Crippen LogP contribution in [-0.2, 0) is 0 Å². The summed E-state index contributed by atoms with van der Waals surface area (Å²) in [5, 5.41) is 0. The Balaban J connectivity index is 0.000000299. The van der Waals surface area contributed by atoms with Crippen molar-refractivity contribution in [2.45, 2.75) is 228 Å². The summed E-state index contributed by atoms with van der Waals surface area (Å²) >= 11 is 0. The lowest BCUT2D eigenvalue weighted by atomic mass is 9.97. The Morgan fingerprint density at radius 1 is 0.275 bits per heavy atom. The molecule has 0 spiro atoms. The van der Waals surface area contributed by atoms with Crippen molar-refractivity contribution in [1.82, 2.24) is 0 Å². The minimum Gasteiger partial charge on any atom is -0.328 e. The standard InChI is InChI=1S/C8H17N.C7H15N.C7H11N.C6H13N.C6H11N.C5H11N.C5H9N/c9-8-6-4-2-1-3-5-7-8;2*8-7-5-3-1-2-4-6-7;2*7-6-4-2-1-3-5-6;2*6-5-3-1-2-4-5/h8H,1-7,9H2;7H,1-6,8H2;1,3-4,6-7H,2,5,8H2;6H,1-5,7H2;1-2,6H,3-5,7H2;5H,1-4,6H2;1,3,5H,2,4,6H2. The van der Waals surface area contributed by atoms with E-state index in [1.165, 1.54) is 161 Å². The molecule has 0 aromatic carbocycles. The second kappa shape index (κ2) is 34.4. The van der Waals surface area contributed by atoms with Gasteiger partial charge in [-0.3, -0.25) is 0 Å². The van der Waals surface area contributed by atoms with Crippen LogP contribution in [0.15, 0.2) is 48.6 Å². The van der Waals surface area contributed by atoms with Crippen LogP contribution in [0.2, 0.25) is 0 Å². The van der Waals surface area contributed by atoms with E-state index in [1.807, 2.05) is 0 Å². The highest BCUT2D eigenvalue weighted by atomic mass is 14.6. The third kappa shape index (κ3) is 33.0. The summed E-state index contributed by atoms with van der Waals surface area (Å²) in [6.07, 6.45) is 54.3. The first-order chi connectivity index (χ1) is 24.8. The molecule has 7 heteroatoms. The number of rotatable bonds is 0. The number of hydrogen-bond donors (Lipinski definition) is 7. The molecular formula is C44H87N7. The second-order valence-corrected chi connectivity index (χ2v) is 16.0. The van der Waals surface area contributed by atoms with E-state index in [0.717, 1.165) is 25.7 Å². The quantitative estimate of drug-likeness (QED) is 0.0966. The van der Waals surface area contributed by atoms with Crippen LogP contribution >= 0.6 is 0 Å². The van der Waals surface area contributed by atoms with Crippen LogP contribution in [0.3, 0.4) is 0 Å². The molecule has 4 fully saturated rings. The van der Waals surface area contributed by atoms with Crippen molar-refractivity contribution in [2.75, 3.05) is 0 Å². The minimum atomic E-state index is 0.258. The van der Waals surface area contributed by atoms with Gasteiger partial charge in [-0.15, -0.1) is 0 Å². The normalized spacial score (nSPS) is 27.2. The maximum absolute atomic E-state index is 5.80. The Hall–Kier alpha value is -1.32. The van der Waals surface area contributed by atoms with Gasteiger partial charge in [0.2, 0.25) is 0 Å². The molecule has 7 rings (SSSR count). The van der Waals surface area contributed by atoms with Gasteiger partial charge in [0.05, 0.1) is 0 Å². The Bertz CT molecular complexity index is 844. The maximum Gasteiger partial charge on any atom is 0.0258 e. The van der Waals surface area contributed by atoms with Gasteiger partial charge in [0.1, 0.15) is 0 Å². The average molecular weight is 714 g/mol. The Labute approximate surface area is 316 Å². The zero-order valence-corrected chi connectivity index (χ0v) is 33.2. The fourth-order valence-electron chi connectivity index (χ4n) is 7.12. The Morgan fingerprint density at radius 3 is 0.980 bits per heavy atom. The Morgan fingerprint density at radius 2 is 0.647 bits per heavy atom. The Kier molecular flexibility index (Phi) is 32.2. The predicted octanol–water partition coefficient (Wildman–Crippen LogP) is 8.83. The van der Waals surface area contributed by atoms with E-state index in [9.17, 15) is 0 Å². The van der Waals surface area contributed by atoms with Crippen molar-refractivity contribution in [3.63, 3.8) is 0 Å². The number of allylic oxidation sites excluding steroid dienone is 4. The topological polar surface area (TPSA) is 182 Å². The summed E-state index contributed by atoms with van der Waals surface area (Å²) in [5.41, 5.74) is 39.3. The van der Waals surface area contributed by atoms with E-state index in [2.05, 4.69) is 48.6 Å². The van der Waals surface area contributed by atoms with Crippen molar-refractivity contribution in [3.05, 3.63) is 48.6 Å². The lowest BCUT2D eigenvalue weighted by Gasteiger charge is -2.15. The molecule has 0 heterocycles. The van der Waals surface area contributed by atoms with E-state index >= 15 is 0 Å². The van der Waals surface area contributed by atoms with Gasteiger partial charge < -0.3 is 40.1 Å². The first-order valence-electron chi connectivity index (χ1n) is 21.7. The van der Waals surface area contributed by atoms with E-state index in [4.69, 9.17) is 40.1 Å². The number of nitrogens with two attached hydrogens (primary N) is 7. The van der Waals surface area contributed by atoms with E-state index in [-0.39, 0.29) is 6.04 Å². The molecule has 14 N–H and O–H groups in total. The molecule has 7 aliphatic carbocycles. The summed E-state index contributed by atoms with van der Waals surface area (Å²) in [7, 11) is 0. The van der Waals surface area contributed by atoms with Crippen LogP contribution in [0.4, 0.5) is 0 Å². The van der Waals surface area contributed by atoms with Crippen molar-refractivity contribution in [1.29, 1.82) is 0 Å². The molecule has 298 valence electrons. The van der Waals surface area contributed by atoms with Gasteiger partial charge in [-0.1, -0.05) is 138 Å². The lowest BCUT2D eigenvalue weighted by Crippen LogP contribution is -2.22. The highest BCUT2D eigenvalue weighted by Gasteiger charge is 2.08. The molecular weight excluding hydrogens is 627 g/mol. The largest absolute Gasteiger partial charge is 0.328 e. The lowest BCUT2D eigenvalue weighted by molar-refractivity contribution is 0.441. The molecule has 0 aliphatic heterocycles. The van der Waals surface area contributed by atoms with Crippen LogP contribution < -0.4 is 40.1 Å². The summed E-state index contributed by atoms with van der Waals surface area (Å²) in [6, 6.07) is 3.20. The third-order valence-corrected chi connectivity index (χ3v) is 10.7. The van der Waals surface area contributed by atoms with Gasteiger partial charge in [0.15, 0.2) is 0 Å². The van der Waals surface area contributed by atoms with Crippen molar-refractivity contribution in [2.24, 2.45) is 40.1 Å². The van der Waals surface area contributed by atoms with Crippen molar-refractivity contribution < 1.29 is 0 Å². The van der Waals surface area contributed by atoms with Gasteiger partial charge in [-0.05, 0) is 96.3 Å². The molecule has 0 amide bonds. The first kappa shape index (κ1) is 47.7. The highest BCUT2D eigenvalue weighted by molar-refractivity contribution is 5.04. The van der Waals surface area contributed by atoms with Gasteiger partial charge in [-0.25, -0.2) is 0 Å². The second-order valence-electron chi connectivity index (χ2n) is 16.0. The van der Waals surface area contributed by atoms with Crippen molar-refractivity contribution in [3.8, 4) is 0 Å². The average Bonchev–Trinajstić information content (AvgIpc) is 3.67. The molecule has 0 aromatic rings. The highest BCUT2D eigenvalue weighted by Crippen LogP contribution is 2.17. The summed E-state index contributed by atoms with van der Waals surface area (Å²) < 4.78 is 0. The molecule has 7 aliphatic rings. The zero-order chi connectivity index (χ0) is 37.2. The summed E-state index contributed by atoms with van der Waals surface area (Å²) in [6.45, 7) is 0. The van der Waals surface area contributed by atoms with Crippen LogP contribution in [0.1, 0.15) is 186 Å². The fraction of sp³-hybridized carbons (Fsp3) is 0.818. The van der Waals surface area contributed by atoms with Gasteiger partial charge in [-0.2, -0.15) is 0 Å². The maximum atomic E-state index is 5.80. The van der Waals surface area contributed by atoms with E-state index < -0.39 is 0 Å². The van der Waals surface area contributed by atoms with Crippen LogP contribution in [0, 0.1) is 0 Å². The molecule has 0 aromatic heterocycles. The summed E-state index contributed by atoms with van der Waals surface area (Å²) in [5.74, 6) is 0. The van der Waals surface area contributed by atoms with Gasteiger partial charge in [0.25, 0.3) is 0 Å². The first-order valence-corrected chi connectivity index (χ1v) is 21.7. The summed E-state index contributed by atoms with van der Waals surface area (Å²) in [4.78, 5) is 0. The molecule has 3 unspecified atom stereocenters. The third-order valence-electron chi connectivity index (χ3n) is 10.7. The zero-order valence-electron chi connectivity index (χ0n) is 33.2. The van der Waals surface area contributed by atoms with E-state index in [1.54, 1.807) is 0 Å². The van der Waals surface area contributed by atoms with Crippen molar-refractivity contribution >= 4 is 0 Å². The van der Waals surface area contributed by atoms with Crippen LogP contribution in [0.25, 0.3) is 0 Å². The fourth-order valence-corrected chi connectivity index (χ4v) is 7.12. The molecule has 7 nitrogen and oxygen atoms in total. The van der Waals surface area contributed by atoms with E-state index in [0.29, 0.717) is 36.3 Å². The smallest absolute Gasteiger partial charge is 0.0258 e. The molecule has 0 radical (unpaired) electrons. The molecule has 0 saturated heterocycles. The predicted molar refractivity (Wildman–Crippen MR) is 226 cm³/mol. The number of hydrogen-bond acceptors (Lipinski definition) is 7. The monoisotopic (exact) mass is 714 g/mol. The minimum absolute atomic E-state index is 0.258. The molecule has 4 saturated carbocycles.